The van der Waals surface area contributed by atoms with Crippen LogP contribution in [0, 0.1) is 0 Å². The molecule has 176 valence electrons. The van der Waals surface area contributed by atoms with Crippen LogP contribution in [-0.2, 0) is 20.0 Å². The van der Waals surface area contributed by atoms with Crippen molar-refractivity contribution >= 4 is 31.6 Å². The Hall–Kier alpha value is -3.58. The van der Waals surface area contributed by atoms with Crippen LogP contribution in [0.4, 0.5) is 11.5 Å². The van der Waals surface area contributed by atoms with Gasteiger partial charge in [-0.25, -0.2) is 16.8 Å². The zero-order chi connectivity index (χ0) is 24.1. The number of hydrogen-bond donors (Lipinski definition) is 2. The van der Waals surface area contributed by atoms with E-state index in [1.54, 1.807) is 12.1 Å². The van der Waals surface area contributed by atoms with Gasteiger partial charge in [0.05, 0.1) is 30.6 Å². The van der Waals surface area contributed by atoms with Gasteiger partial charge in [-0.05, 0) is 55.5 Å². The Bertz CT molecular complexity index is 1290. The van der Waals surface area contributed by atoms with Crippen LogP contribution in [-0.4, -0.2) is 47.6 Å². The fourth-order valence-corrected chi connectivity index (χ4v) is 4.70. The SMILES string of the molecule is CCOc1ccc(S(=O)(=O)Nc2ccc(S(=O)(=O)Nc3cc(OC)nc(OC)n3)cc2)cc1. The van der Waals surface area contributed by atoms with E-state index < -0.39 is 20.0 Å². The van der Waals surface area contributed by atoms with Crippen molar-refractivity contribution < 1.29 is 31.0 Å². The lowest BCUT2D eigenvalue weighted by atomic mass is 10.3. The predicted molar refractivity (Wildman–Crippen MR) is 121 cm³/mol. The maximum atomic E-state index is 12.7. The van der Waals surface area contributed by atoms with Crippen molar-refractivity contribution in [2.45, 2.75) is 16.7 Å². The van der Waals surface area contributed by atoms with Crippen molar-refractivity contribution in [3.63, 3.8) is 0 Å². The first-order valence-electron chi connectivity index (χ1n) is 9.52. The molecular weight excluding hydrogens is 472 g/mol. The average molecular weight is 495 g/mol. The van der Waals surface area contributed by atoms with Crippen LogP contribution in [0.3, 0.4) is 0 Å². The lowest BCUT2D eigenvalue weighted by molar-refractivity contribution is 0.340. The average Bonchev–Trinajstić information content (AvgIpc) is 2.79. The van der Waals surface area contributed by atoms with Gasteiger partial charge in [0, 0.05) is 11.8 Å². The number of hydrogen-bond acceptors (Lipinski definition) is 9. The summed E-state index contributed by atoms with van der Waals surface area (Å²) in [7, 11) is -5.20. The van der Waals surface area contributed by atoms with Crippen molar-refractivity contribution in [1.29, 1.82) is 0 Å². The van der Waals surface area contributed by atoms with Crippen LogP contribution in [0.25, 0.3) is 0 Å². The number of sulfonamides is 2. The van der Waals surface area contributed by atoms with Crippen LogP contribution in [0.1, 0.15) is 6.92 Å². The number of rotatable bonds is 10. The number of nitrogens with zero attached hydrogens (tertiary/aromatic N) is 2. The molecule has 0 spiro atoms. The van der Waals surface area contributed by atoms with Crippen LogP contribution in [0.5, 0.6) is 17.6 Å². The van der Waals surface area contributed by atoms with Gasteiger partial charge in [0.1, 0.15) is 5.75 Å². The summed E-state index contributed by atoms with van der Waals surface area (Å²) in [5, 5.41) is 0. The molecule has 0 unspecified atom stereocenters. The van der Waals surface area contributed by atoms with Crippen LogP contribution in [0.15, 0.2) is 64.4 Å². The monoisotopic (exact) mass is 494 g/mol. The van der Waals surface area contributed by atoms with Gasteiger partial charge in [-0.3, -0.25) is 9.44 Å². The largest absolute Gasteiger partial charge is 0.494 e. The molecule has 0 atom stereocenters. The summed E-state index contributed by atoms with van der Waals surface area (Å²) in [6, 6.07) is 12.3. The molecule has 3 rings (SSSR count). The van der Waals surface area contributed by atoms with Gasteiger partial charge < -0.3 is 14.2 Å². The number of anilines is 2. The Morgan fingerprint density at radius 1 is 0.788 bits per heavy atom. The van der Waals surface area contributed by atoms with Crippen molar-refractivity contribution in [3.8, 4) is 17.6 Å². The van der Waals surface area contributed by atoms with Crippen molar-refractivity contribution in [1.82, 2.24) is 9.97 Å². The van der Waals surface area contributed by atoms with E-state index in [1.807, 2.05) is 6.92 Å². The van der Waals surface area contributed by atoms with E-state index in [2.05, 4.69) is 19.4 Å². The van der Waals surface area contributed by atoms with Gasteiger partial charge in [-0.2, -0.15) is 9.97 Å². The molecular formula is C20H22N4O7S2. The lowest BCUT2D eigenvalue weighted by Crippen LogP contribution is -2.15. The summed E-state index contributed by atoms with van der Waals surface area (Å²) in [6.07, 6.45) is 0. The highest BCUT2D eigenvalue weighted by atomic mass is 32.2. The Balaban J connectivity index is 1.76. The Kier molecular flexibility index (Phi) is 7.23. The molecule has 2 N–H and O–H groups in total. The minimum Gasteiger partial charge on any atom is -0.494 e. The third-order valence-electron chi connectivity index (χ3n) is 4.17. The zero-order valence-corrected chi connectivity index (χ0v) is 19.6. The summed E-state index contributed by atoms with van der Waals surface area (Å²) >= 11 is 0. The van der Waals surface area contributed by atoms with E-state index >= 15 is 0 Å². The molecule has 13 heteroatoms. The summed E-state index contributed by atoms with van der Waals surface area (Å²) < 4.78 is 70.5. The van der Waals surface area contributed by atoms with E-state index in [4.69, 9.17) is 14.2 Å². The molecule has 0 aliphatic heterocycles. The molecule has 0 aliphatic rings. The van der Waals surface area contributed by atoms with Crippen molar-refractivity contribution in [2.75, 3.05) is 30.3 Å². The minimum atomic E-state index is -4.03. The van der Waals surface area contributed by atoms with Gasteiger partial charge in [0.25, 0.3) is 20.0 Å². The fraction of sp³-hybridized carbons (Fsp3) is 0.200. The normalized spacial score (nSPS) is 11.5. The maximum absolute atomic E-state index is 12.7. The Morgan fingerprint density at radius 2 is 1.36 bits per heavy atom. The molecule has 1 heterocycles. The molecule has 0 bridgehead atoms. The van der Waals surface area contributed by atoms with E-state index in [0.717, 1.165) is 0 Å². The fourth-order valence-electron chi connectivity index (χ4n) is 2.65. The Morgan fingerprint density at radius 3 is 1.91 bits per heavy atom. The first kappa shape index (κ1) is 24.1. The molecule has 0 aliphatic carbocycles. The van der Waals surface area contributed by atoms with Gasteiger partial charge in [0.15, 0.2) is 5.82 Å². The summed E-state index contributed by atoms with van der Waals surface area (Å²) in [5.41, 5.74) is 0.188. The lowest BCUT2D eigenvalue weighted by Gasteiger charge is -2.11. The minimum absolute atomic E-state index is 0.0379. The smallest absolute Gasteiger partial charge is 0.321 e. The number of ether oxygens (including phenoxy) is 3. The molecule has 33 heavy (non-hydrogen) atoms. The standard InChI is InChI=1S/C20H22N4O7S2/c1-4-31-15-7-11-17(12-8-15)32(25,26)23-14-5-9-16(10-6-14)33(27,28)24-18-13-19(29-2)22-20(21-18)30-3/h5-13,23H,4H2,1-3H3,(H,21,22,24). The van der Waals surface area contributed by atoms with E-state index in [-0.39, 0.29) is 33.2 Å². The van der Waals surface area contributed by atoms with Gasteiger partial charge in [-0.1, -0.05) is 0 Å². The molecule has 3 aromatic rings. The summed E-state index contributed by atoms with van der Waals surface area (Å²) in [4.78, 5) is 7.75. The third-order valence-corrected chi connectivity index (χ3v) is 6.94. The van der Waals surface area contributed by atoms with Gasteiger partial charge in [-0.15, -0.1) is 0 Å². The van der Waals surface area contributed by atoms with Gasteiger partial charge >= 0.3 is 6.01 Å². The zero-order valence-electron chi connectivity index (χ0n) is 18.0. The molecule has 0 saturated heterocycles. The second-order valence-electron chi connectivity index (χ2n) is 6.42. The third kappa shape index (κ3) is 6.02. The summed E-state index contributed by atoms with van der Waals surface area (Å²) in [6.45, 7) is 2.29. The van der Waals surface area contributed by atoms with Crippen molar-refractivity contribution in [2.24, 2.45) is 0 Å². The molecule has 1 aromatic heterocycles. The number of nitrogens with one attached hydrogen (secondary N) is 2. The second kappa shape index (κ2) is 9.92. The van der Waals surface area contributed by atoms with Crippen LogP contribution in [0.2, 0.25) is 0 Å². The van der Waals surface area contributed by atoms with E-state index in [0.29, 0.717) is 12.4 Å². The highest BCUT2D eigenvalue weighted by Gasteiger charge is 2.18. The number of benzene rings is 2. The highest BCUT2D eigenvalue weighted by molar-refractivity contribution is 7.93. The van der Waals surface area contributed by atoms with E-state index in [1.165, 1.54) is 56.7 Å². The first-order valence-corrected chi connectivity index (χ1v) is 12.5. The van der Waals surface area contributed by atoms with Crippen LogP contribution < -0.4 is 23.7 Å². The van der Waals surface area contributed by atoms with Crippen LogP contribution >= 0.6 is 0 Å². The Labute approximate surface area is 191 Å². The topological polar surface area (TPSA) is 146 Å². The second-order valence-corrected chi connectivity index (χ2v) is 9.79. The van der Waals surface area contributed by atoms with Gasteiger partial charge in [0.2, 0.25) is 5.88 Å². The maximum Gasteiger partial charge on any atom is 0.321 e. The molecule has 2 aromatic carbocycles. The molecule has 0 amide bonds. The molecule has 11 nitrogen and oxygen atoms in total. The molecule has 0 fully saturated rings. The summed E-state index contributed by atoms with van der Waals surface area (Å²) in [5.74, 6) is 0.606. The highest BCUT2D eigenvalue weighted by Crippen LogP contribution is 2.23. The molecule has 0 saturated carbocycles. The van der Waals surface area contributed by atoms with Crippen molar-refractivity contribution in [3.05, 3.63) is 54.6 Å². The quantitative estimate of drug-likeness (QED) is 0.434. The predicted octanol–water partition coefficient (Wildman–Crippen LogP) is 2.49. The molecule has 0 radical (unpaired) electrons. The number of methoxy groups -OCH3 is 2. The first-order chi connectivity index (χ1) is 15.7. The number of aromatic nitrogens is 2. The van der Waals surface area contributed by atoms with E-state index in [9.17, 15) is 16.8 Å².